The van der Waals surface area contributed by atoms with E-state index in [0.29, 0.717) is 5.56 Å². The van der Waals surface area contributed by atoms with Crippen LogP contribution >= 0.6 is 0 Å². The smallest absolute Gasteiger partial charge is 0.229 e. The molecular weight excluding hydrogens is 236 g/mol. The van der Waals surface area contributed by atoms with Crippen molar-refractivity contribution in [3.63, 3.8) is 0 Å². The van der Waals surface area contributed by atoms with Gasteiger partial charge in [-0.15, -0.1) is 0 Å². The highest BCUT2D eigenvalue weighted by atomic mass is 16.2. The quantitative estimate of drug-likeness (QED) is 0.450. The van der Waals surface area contributed by atoms with Crippen molar-refractivity contribution >= 4 is 33.1 Å². The van der Waals surface area contributed by atoms with Crippen molar-refractivity contribution in [1.29, 1.82) is 0 Å². The van der Waals surface area contributed by atoms with Crippen LogP contribution in [0.4, 0.5) is 0 Å². The van der Waals surface area contributed by atoms with Crippen LogP contribution in [-0.4, -0.2) is 11.6 Å². The number of ketones is 2. The fourth-order valence-electron chi connectivity index (χ4n) is 2.94. The third-order valence-electron chi connectivity index (χ3n) is 3.87. The lowest BCUT2D eigenvalue weighted by Gasteiger charge is -2.07. The summed E-state index contributed by atoms with van der Waals surface area (Å²) in [5.74, 6) is -0.638. The summed E-state index contributed by atoms with van der Waals surface area (Å²) in [6.07, 6.45) is 0.240. The van der Waals surface area contributed by atoms with Crippen molar-refractivity contribution in [2.45, 2.75) is 6.42 Å². The second-order valence-electron chi connectivity index (χ2n) is 4.90. The summed E-state index contributed by atoms with van der Waals surface area (Å²) in [6, 6.07) is 16.0. The van der Waals surface area contributed by atoms with Gasteiger partial charge in [-0.25, -0.2) is 0 Å². The van der Waals surface area contributed by atoms with Crippen LogP contribution in [0.25, 0.3) is 21.5 Å². The van der Waals surface area contributed by atoms with Gasteiger partial charge in [0.1, 0.15) is 0 Å². The van der Waals surface area contributed by atoms with Gasteiger partial charge < -0.3 is 0 Å². The standard InChI is InChI=1S/C17H10O2/c18-16-9-15-13-6-5-10-3-1-2-4-11(10)12(13)7-8-14(15)17(16)19/h1-8H,9H2. The second kappa shape index (κ2) is 3.51. The molecule has 3 aromatic carbocycles. The number of carbonyl (C=O) groups is 2. The monoisotopic (exact) mass is 246 g/mol. The number of hydrogen-bond acceptors (Lipinski definition) is 2. The van der Waals surface area contributed by atoms with Crippen molar-refractivity contribution in [2.24, 2.45) is 0 Å². The molecule has 0 amide bonds. The van der Waals surface area contributed by atoms with E-state index in [1.807, 2.05) is 30.3 Å². The molecule has 0 fully saturated rings. The molecule has 90 valence electrons. The van der Waals surface area contributed by atoms with Crippen molar-refractivity contribution in [1.82, 2.24) is 0 Å². The maximum absolute atomic E-state index is 11.8. The molecule has 2 nitrogen and oxygen atoms in total. The van der Waals surface area contributed by atoms with E-state index in [4.69, 9.17) is 0 Å². The maximum Gasteiger partial charge on any atom is 0.229 e. The minimum absolute atomic E-state index is 0.240. The van der Waals surface area contributed by atoms with Crippen molar-refractivity contribution in [3.8, 4) is 0 Å². The Hall–Kier alpha value is -2.48. The summed E-state index contributed by atoms with van der Waals surface area (Å²) in [6.45, 7) is 0. The molecule has 0 spiro atoms. The lowest BCUT2D eigenvalue weighted by atomic mass is 9.96. The first-order valence-corrected chi connectivity index (χ1v) is 6.26. The van der Waals surface area contributed by atoms with Gasteiger partial charge >= 0.3 is 0 Å². The van der Waals surface area contributed by atoms with Gasteiger partial charge in [0.05, 0.1) is 0 Å². The first-order valence-electron chi connectivity index (χ1n) is 6.26. The SMILES string of the molecule is O=C1Cc2c(ccc3c2ccc2ccccc23)C1=O. The average molecular weight is 246 g/mol. The molecule has 0 aliphatic heterocycles. The lowest BCUT2D eigenvalue weighted by Crippen LogP contribution is -2.05. The van der Waals surface area contributed by atoms with Crippen LogP contribution in [0.3, 0.4) is 0 Å². The predicted octanol–water partition coefficient (Wildman–Crippen LogP) is 3.30. The van der Waals surface area contributed by atoms with E-state index in [1.54, 1.807) is 6.07 Å². The molecule has 0 saturated heterocycles. The van der Waals surface area contributed by atoms with Gasteiger partial charge in [-0.3, -0.25) is 9.59 Å². The Morgan fingerprint density at radius 2 is 1.53 bits per heavy atom. The largest absolute Gasteiger partial charge is 0.290 e. The van der Waals surface area contributed by atoms with E-state index in [1.165, 1.54) is 5.39 Å². The number of benzene rings is 3. The molecule has 3 aromatic rings. The van der Waals surface area contributed by atoms with Crippen LogP contribution in [0.1, 0.15) is 15.9 Å². The van der Waals surface area contributed by atoms with E-state index in [0.717, 1.165) is 21.7 Å². The third kappa shape index (κ3) is 1.31. The fourth-order valence-corrected chi connectivity index (χ4v) is 2.94. The van der Waals surface area contributed by atoms with Gasteiger partial charge in [-0.1, -0.05) is 42.5 Å². The molecule has 4 rings (SSSR count). The molecular formula is C17H10O2. The average Bonchev–Trinajstić information content (AvgIpc) is 2.74. The first-order chi connectivity index (χ1) is 9.25. The van der Waals surface area contributed by atoms with Crippen LogP contribution in [0.15, 0.2) is 48.5 Å². The number of rotatable bonds is 0. The molecule has 19 heavy (non-hydrogen) atoms. The zero-order chi connectivity index (χ0) is 13.0. The predicted molar refractivity (Wildman–Crippen MR) is 74.5 cm³/mol. The highest BCUT2D eigenvalue weighted by Gasteiger charge is 2.29. The Morgan fingerprint density at radius 3 is 2.42 bits per heavy atom. The van der Waals surface area contributed by atoms with Gasteiger partial charge in [0, 0.05) is 12.0 Å². The van der Waals surface area contributed by atoms with E-state index in [9.17, 15) is 9.59 Å². The normalized spacial score (nSPS) is 14.3. The molecule has 0 N–H and O–H groups in total. The van der Waals surface area contributed by atoms with E-state index >= 15 is 0 Å². The van der Waals surface area contributed by atoms with E-state index < -0.39 is 0 Å². The molecule has 0 bridgehead atoms. The summed E-state index contributed by atoms with van der Waals surface area (Å²) in [7, 11) is 0. The number of hydrogen-bond donors (Lipinski definition) is 0. The van der Waals surface area contributed by atoms with Gasteiger partial charge in [-0.2, -0.15) is 0 Å². The van der Waals surface area contributed by atoms with Crippen LogP contribution in [-0.2, 0) is 11.2 Å². The summed E-state index contributed by atoms with van der Waals surface area (Å²) >= 11 is 0. The minimum atomic E-state index is -0.343. The van der Waals surface area contributed by atoms with Crippen molar-refractivity contribution in [3.05, 3.63) is 59.7 Å². The van der Waals surface area contributed by atoms with Crippen LogP contribution < -0.4 is 0 Å². The van der Waals surface area contributed by atoms with Gasteiger partial charge in [0.25, 0.3) is 0 Å². The summed E-state index contributed by atoms with van der Waals surface area (Å²) in [5.41, 5.74) is 1.46. The highest BCUT2D eigenvalue weighted by Crippen LogP contribution is 2.32. The van der Waals surface area contributed by atoms with Crippen LogP contribution in [0, 0.1) is 0 Å². The maximum atomic E-state index is 11.8. The lowest BCUT2D eigenvalue weighted by molar-refractivity contribution is -0.114. The van der Waals surface area contributed by atoms with Crippen molar-refractivity contribution < 1.29 is 9.59 Å². The zero-order valence-corrected chi connectivity index (χ0v) is 10.1. The Balaban J connectivity index is 2.18. The molecule has 0 heterocycles. The molecule has 0 saturated carbocycles. The zero-order valence-electron chi connectivity index (χ0n) is 10.1. The molecule has 2 heteroatoms. The molecule has 0 aromatic heterocycles. The fraction of sp³-hybridized carbons (Fsp3) is 0.0588. The van der Waals surface area contributed by atoms with Crippen LogP contribution in [0.5, 0.6) is 0 Å². The summed E-state index contributed by atoms with van der Waals surface area (Å²) in [4.78, 5) is 23.3. The Morgan fingerprint density at radius 1 is 0.737 bits per heavy atom. The van der Waals surface area contributed by atoms with Gasteiger partial charge in [0.15, 0.2) is 0 Å². The number of fused-ring (bicyclic) bond motifs is 5. The molecule has 1 aliphatic carbocycles. The topological polar surface area (TPSA) is 34.1 Å². The second-order valence-corrected chi connectivity index (χ2v) is 4.90. The third-order valence-corrected chi connectivity index (χ3v) is 3.87. The molecule has 0 radical (unpaired) electrons. The molecule has 1 aliphatic rings. The van der Waals surface area contributed by atoms with Crippen molar-refractivity contribution in [2.75, 3.05) is 0 Å². The Kier molecular flexibility index (Phi) is 1.93. The Labute approximate surface area is 109 Å². The molecule has 0 atom stereocenters. The van der Waals surface area contributed by atoms with E-state index in [2.05, 4.69) is 12.1 Å². The first kappa shape index (κ1) is 10.4. The van der Waals surface area contributed by atoms with Crippen LogP contribution in [0.2, 0.25) is 0 Å². The van der Waals surface area contributed by atoms with Gasteiger partial charge in [-0.05, 0) is 33.2 Å². The highest BCUT2D eigenvalue weighted by molar-refractivity contribution is 6.48. The summed E-state index contributed by atoms with van der Waals surface area (Å²) < 4.78 is 0. The van der Waals surface area contributed by atoms with E-state index in [-0.39, 0.29) is 18.0 Å². The Bertz CT molecular complexity index is 875. The molecule has 0 unspecified atom stereocenters. The number of Topliss-reactive ketones (excluding diaryl/α,β-unsaturated/α-hetero) is 2. The van der Waals surface area contributed by atoms with Gasteiger partial charge in [0.2, 0.25) is 11.6 Å². The summed E-state index contributed by atoms with van der Waals surface area (Å²) in [5, 5.41) is 4.47. The number of carbonyl (C=O) groups excluding carboxylic acids is 2. The minimum Gasteiger partial charge on any atom is -0.290 e.